The maximum Gasteiger partial charge on any atom is 0.387 e. The number of nitrogens with zero attached hydrogens (tertiary/aromatic N) is 2. The van der Waals surface area contributed by atoms with Gasteiger partial charge >= 0.3 is 13.2 Å². The minimum absolute atomic E-state index is 0.148. The summed E-state index contributed by atoms with van der Waals surface area (Å²) in [5.41, 5.74) is 2.73. The molecule has 1 aromatic heterocycles. The van der Waals surface area contributed by atoms with Crippen LogP contribution in [0.25, 0.3) is 0 Å². The van der Waals surface area contributed by atoms with Gasteiger partial charge in [0.2, 0.25) is 0 Å². The number of benzene rings is 1. The highest BCUT2D eigenvalue weighted by molar-refractivity contribution is 5.84. The van der Waals surface area contributed by atoms with Crippen LogP contribution in [0.15, 0.2) is 47.7 Å². The molecule has 2 aromatic rings. The molecule has 2 rings (SSSR count). The highest BCUT2D eigenvalue weighted by Crippen LogP contribution is 2.26. The topological polar surface area (TPSA) is 55.7 Å². The summed E-state index contributed by atoms with van der Waals surface area (Å²) in [5, 5.41) is 3.82. The highest BCUT2D eigenvalue weighted by Gasteiger charge is 2.12. The summed E-state index contributed by atoms with van der Waals surface area (Å²) in [5.74, 6) is -0.201. The average molecular weight is 329 g/mol. The molecule has 0 amide bonds. The van der Waals surface area contributed by atoms with Crippen LogP contribution in [0.1, 0.15) is 5.56 Å². The van der Waals surface area contributed by atoms with Crippen molar-refractivity contribution in [3.8, 4) is 11.5 Å². The molecule has 0 aliphatic carbocycles. The Labute approximate surface area is 128 Å². The van der Waals surface area contributed by atoms with Crippen LogP contribution in [0.3, 0.4) is 0 Å². The molecule has 0 atom stereocenters. The van der Waals surface area contributed by atoms with Gasteiger partial charge in [-0.3, -0.25) is 5.43 Å². The number of rotatable bonds is 7. The normalized spacial score (nSPS) is 11.2. The fourth-order valence-corrected chi connectivity index (χ4v) is 1.59. The Morgan fingerprint density at radius 3 is 2.48 bits per heavy atom. The third kappa shape index (κ3) is 5.46. The lowest BCUT2D eigenvalue weighted by Gasteiger charge is -2.10. The van der Waals surface area contributed by atoms with Crippen molar-refractivity contribution in [2.24, 2.45) is 5.10 Å². The van der Waals surface area contributed by atoms with Gasteiger partial charge in [0.05, 0.1) is 6.21 Å². The van der Waals surface area contributed by atoms with E-state index in [4.69, 9.17) is 0 Å². The molecule has 5 nitrogen and oxygen atoms in total. The van der Waals surface area contributed by atoms with Crippen LogP contribution >= 0.6 is 0 Å². The third-order valence-corrected chi connectivity index (χ3v) is 2.47. The first-order chi connectivity index (χ1) is 11.0. The number of nitrogens with one attached hydrogen (secondary N) is 1. The fourth-order valence-electron chi connectivity index (χ4n) is 1.59. The molecule has 1 heterocycles. The molecule has 0 aliphatic heterocycles. The van der Waals surface area contributed by atoms with Gasteiger partial charge in [-0.1, -0.05) is 6.07 Å². The predicted molar refractivity (Wildman–Crippen MR) is 75.2 cm³/mol. The van der Waals surface area contributed by atoms with Crippen LogP contribution in [0, 0.1) is 0 Å². The summed E-state index contributed by atoms with van der Waals surface area (Å²) in [6.45, 7) is -6.19. The van der Waals surface area contributed by atoms with E-state index in [1.54, 1.807) is 24.4 Å². The smallest absolute Gasteiger partial charge is 0.387 e. The van der Waals surface area contributed by atoms with Gasteiger partial charge < -0.3 is 9.47 Å². The number of hydrogen-bond donors (Lipinski definition) is 1. The van der Waals surface area contributed by atoms with E-state index in [1.165, 1.54) is 18.3 Å². The summed E-state index contributed by atoms with van der Waals surface area (Å²) in [7, 11) is 0. The first-order valence-electron chi connectivity index (χ1n) is 6.28. The second kappa shape index (κ2) is 7.97. The predicted octanol–water partition coefficient (Wildman–Crippen LogP) is 3.73. The second-order valence-electron chi connectivity index (χ2n) is 4.04. The van der Waals surface area contributed by atoms with Gasteiger partial charge in [-0.2, -0.15) is 22.7 Å². The highest BCUT2D eigenvalue weighted by atomic mass is 19.3. The molecule has 0 bridgehead atoms. The molecule has 0 aliphatic rings. The quantitative estimate of drug-likeness (QED) is 0.478. The van der Waals surface area contributed by atoms with Gasteiger partial charge in [0.25, 0.3) is 0 Å². The molecule has 0 spiro atoms. The maximum atomic E-state index is 12.4. The van der Waals surface area contributed by atoms with Crippen LogP contribution in [0.4, 0.5) is 23.4 Å². The van der Waals surface area contributed by atoms with E-state index in [9.17, 15) is 17.6 Å². The Balaban J connectivity index is 2.15. The monoisotopic (exact) mass is 329 g/mol. The van der Waals surface area contributed by atoms with Crippen molar-refractivity contribution in [3.05, 3.63) is 48.2 Å². The number of ether oxygens (including phenoxy) is 2. The minimum atomic E-state index is -3.12. The number of pyridine rings is 1. The zero-order chi connectivity index (χ0) is 16.7. The van der Waals surface area contributed by atoms with Gasteiger partial charge in [-0.25, -0.2) is 4.98 Å². The van der Waals surface area contributed by atoms with Crippen molar-refractivity contribution < 1.29 is 27.0 Å². The Morgan fingerprint density at radius 2 is 1.83 bits per heavy atom. The van der Waals surface area contributed by atoms with Crippen molar-refractivity contribution in [2.75, 3.05) is 5.43 Å². The van der Waals surface area contributed by atoms with E-state index in [2.05, 4.69) is 25.0 Å². The lowest BCUT2D eigenvalue weighted by molar-refractivity contribution is -0.0543. The molecule has 0 saturated heterocycles. The number of hydrogen-bond acceptors (Lipinski definition) is 5. The Hall–Kier alpha value is -2.84. The van der Waals surface area contributed by atoms with E-state index < -0.39 is 13.2 Å². The molecule has 1 N–H and O–H groups in total. The Morgan fingerprint density at radius 1 is 1.04 bits per heavy atom. The summed E-state index contributed by atoms with van der Waals surface area (Å²) in [6.07, 6.45) is 2.73. The number of halogens is 4. The van der Waals surface area contributed by atoms with Crippen LogP contribution in [0.5, 0.6) is 11.5 Å². The van der Waals surface area contributed by atoms with Crippen molar-refractivity contribution in [1.29, 1.82) is 0 Å². The van der Waals surface area contributed by atoms with Crippen LogP contribution in [-0.4, -0.2) is 24.4 Å². The molecule has 0 saturated carbocycles. The summed E-state index contributed by atoms with van der Waals surface area (Å²) >= 11 is 0. The first-order valence-corrected chi connectivity index (χ1v) is 6.28. The lowest BCUT2D eigenvalue weighted by atomic mass is 10.2. The van der Waals surface area contributed by atoms with E-state index in [0.717, 1.165) is 6.07 Å². The van der Waals surface area contributed by atoms with Crippen LogP contribution in [0.2, 0.25) is 0 Å². The van der Waals surface area contributed by atoms with Crippen molar-refractivity contribution in [3.63, 3.8) is 0 Å². The molecule has 0 fully saturated rings. The van der Waals surface area contributed by atoms with Gasteiger partial charge in [-0.05, 0) is 24.3 Å². The van der Waals surface area contributed by atoms with Crippen LogP contribution in [-0.2, 0) is 0 Å². The first kappa shape index (κ1) is 16.5. The van der Waals surface area contributed by atoms with Gasteiger partial charge in [-0.15, -0.1) is 0 Å². The van der Waals surface area contributed by atoms with Crippen LogP contribution < -0.4 is 14.9 Å². The fraction of sp³-hybridized carbons (Fsp3) is 0.143. The maximum absolute atomic E-state index is 12.4. The summed E-state index contributed by atoms with van der Waals surface area (Å²) in [6, 6.07) is 8.47. The number of hydrazone groups is 1. The lowest BCUT2D eigenvalue weighted by Crippen LogP contribution is -2.07. The van der Waals surface area contributed by atoms with Crippen molar-refractivity contribution >= 4 is 12.0 Å². The van der Waals surface area contributed by atoms with Gasteiger partial charge in [0, 0.05) is 17.8 Å². The number of alkyl halides is 4. The standard InChI is InChI=1S/C14H11F4N3O2/c15-13(16)22-10-5-4-9(11(7-10)23-14(17)18)8-20-21-12-3-1-2-6-19-12/h1-8,13-14H,(H,19,21)/b20-8+. The second-order valence-corrected chi connectivity index (χ2v) is 4.04. The van der Waals surface area contributed by atoms with Gasteiger partial charge in [0.15, 0.2) is 0 Å². The zero-order valence-corrected chi connectivity index (χ0v) is 11.5. The SMILES string of the molecule is FC(F)Oc1ccc(/C=N/Nc2ccccn2)c(OC(F)F)c1. The summed E-state index contributed by atoms with van der Waals surface area (Å²) in [4.78, 5) is 3.95. The third-order valence-electron chi connectivity index (χ3n) is 2.47. The minimum Gasteiger partial charge on any atom is -0.435 e. The van der Waals surface area contributed by atoms with Gasteiger partial charge in [0.1, 0.15) is 17.3 Å². The zero-order valence-electron chi connectivity index (χ0n) is 11.5. The van der Waals surface area contributed by atoms with E-state index in [1.807, 2.05) is 0 Å². The molecule has 9 heteroatoms. The number of anilines is 1. The largest absolute Gasteiger partial charge is 0.435 e. The van der Waals surface area contributed by atoms with Crippen molar-refractivity contribution in [2.45, 2.75) is 13.2 Å². The average Bonchev–Trinajstić information content (AvgIpc) is 2.49. The molecular formula is C14H11F4N3O2. The Kier molecular flexibility index (Phi) is 5.73. The molecule has 0 radical (unpaired) electrons. The molecule has 1 aromatic carbocycles. The van der Waals surface area contributed by atoms with E-state index in [-0.39, 0.29) is 17.1 Å². The molecule has 122 valence electrons. The molecule has 0 unspecified atom stereocenters. The molecular weight excluding hydrogens is 318 g/mol. The van der Waals surface area contributed by atoms with Crippen molar-refractivity contribution in [1.82, 2.24) is 4.98 Å². The summed E-state index contributed by atoms with van der Waals surface area (Å²) < 4.78 is 57.5. The number of aromatic nitrogens is 1. The van der Waals surface area contributed by atoms with E-state index >= 15 is 0 Å². The van der Waals surface area contributed by atoms with E-state index in [0.29, 0.717) is 5.82 Å². The Bertz CT molecular complexity index is 654. The molecule has 23 heavy (non-hydrogen) atoms.